The van der Waals surface area contributed by atoms with Gasteiger partial charge in [-0.3, -0.25) is 4.79 Å². The van der Waals surface area contributed by atoms with Crippen molar-refractivity contribution < 1.29 is 14.3 Å². The number of hydrogen-bond donors (Lipinski definition) is 1. The lowest BCUT2D eigenvalue weighted by atomic mass is 9.78. The fraction of sp³-hybridized carbons (Fsp3) is 0.579. The Bertz CT molecular complexity index is 586. The second kappa shape index (κ2) is 8.18. The van der Waals surface area contributed by atoms with E-state index in [0.29, 0.717) is 17.4 Å². The van der Waals surface area contributed by atoms with E-state index >= 15 is 0 Å². The number of anilines is 1. The topological polar surface area (TPSA) is 58.6 Å². The molecular formula is C19H28N2O3. The van der Waals surface area contributed by atoms with Gasteiger partial charge in [0.15, 0.2) is 6.61 Å². The molecule has 0 aliphatic heterocycles. The Morgan fingerprint density at radius 1 is 1.25 bits per heavy atom. The van der Waals surface area contributed by atoms with Crippen LogP contribution in [-0.2, 0) is 9.53 Å². The summed E-state index contributed by atoms with van der Waals surface area (Å²) in [6.45, 7) is 4.16. The maximum absolute atomic E-state index is 12.1. The van der Waals surface area contributed by atoms with Crippen molar-refractivity contribution in [3.63, 3.8) is 0 Å². The largest absolute Gasteiger partial charge is 0.452 e. The van der Waals surface area contributed by atoms with Gasteiger partial charge in [0.25, 0.3) is 5.91 Å². The summed E-state index contributed by atoms with van der Waals surface area (Å²) in [4.78, 5) is 26.1. The standard InChI is InChI=1S/C19H28N2O3/c1-13-7-5-10-17(14(13)2)20-18(22)12-24-19(23)15-8-6-9-16(11-15)21(3)4/h6,8-9,11,13-14,17H,5,7,10,12H2,1-4H3,(H,20,22)/t13-,14+,17+/m1/s1. The molecule has 24 heavy (non-hydrogen) atoms. The molecule has 0 radical (unpaired) electrons. The van der Waals surface area contributed by atoms with Crippen molar-refractivity contribution in [3.8, 4) is 0 Å². The lowest BCUT2D eigenvalue weighted by molar-refractivity contribution is -0.125. The highest BCUT2D eigenvalue weighted by Crippen LogP contribution is 2.29. The number of nitrogens with zero attached hydrogens (tertiary/aromatic N) is 1. The first-order valence-electron chi connectivity index (χ1n) is 8.62. The van der Waals surface area contributed by atoms with Crippen LogP contribution in [-0.4, -0.2) is 38.6 Å². The van der Waals surface area contributed by atoms with Crippen LogP contribution >= 0.6 is 0 Å². The predicted octanol–water partition coefficient (Wildman–Crippen LogP) is 2.85. The maximum atomic E-state index is 12.1. The van der Waals surface area contributed by atoms with Crippen molar-refractivity contribution in [3.05, 3.63) is 29.8 Å². The molecule has 2 rings (SSSR count). The number of hydrogen-bond acceptors (Lipinski definition) is 4. The number of rotatable bonds is 5. The van der Waals surface area contributed by atoms with E-state index < -0.39 is 5.97 Å². The zero-order valence-corrected chi connectivity index (χ0v) is 15.0. The Labute approximate surface area is 144 Å². The van der Waals surface area contributed by atoms with Gasteiger partial charge in [-0.1, -0.05) is 32.8 Å². The molecule has 3 atom stereocenters. The lowest BCUT2D eigenvalue weighted by Crippen LogP contribution is -2.45. The zero-order valence-electron chi connectivity index (χ0n) is 15.0. The third-order valence-electron chi connectivity index (χ3n) is 4.99. The number of esters is 1. The predicted molar refractivity (Wildman–Crippen MR) is 95.2 cm³/mol. The molecule has 1 aromatic carbocycles. The summed E-state index contributed by atoms with van der Waals surface area (Å²) < 4.78 is 5.16. The van der Waals surface area contributed by atoms with Crippen LogP contribution in [0.1, 0.15) is 43.5 Å². The summed E-state index contributed by atoms with van der Waals surface area (Å²) >= 11 is 0. The Morgan fingerprint density at radius 2 is 2.00 bits per heavy atom. The molecule has 1 fully saturated rings. The van der Waals surface area contributed by atoms with E-state index in [1.54, 1.807) is 18.2 Å². The Balaban J connectivity index is 1.85. The second-order valence-electron chi connectivity index (χ2n) is 6.96. The lowest BCUT2D eigenvalue weighted by Gasteiger charge is -2.34. The molecule has 0 spiro atoms. The van der Waals surface area contributed by atoms with E-state index in [9.17, 15) is 9.59 Å². The van der Waals surface area contributed by atoms with Crippen molar-refractivity contribution in [1.82, 2.24) is 5.32 Å². The molecule has 5 heteroatoms. The number of benzene rings is 1. The molecule has 0 saturated heterocycles. The summed E-state index contributed by atoms with van der Waals surface area (Å²) in [5.41, 5.74) is 1.37. The number of carbonyl (C=O) groups is 2. The van der Waals surface area contributed by atoms with Crippen molar-refractivity contribution in [2.45, 2.75) is 39.2 Å². The SMILES string of the molecule is C[C@H]1[C@H](C)CCC[C@@H]1NC(=O)COC(=O)c1cccc(N(C)C)c1. The van der Waals surface area contributed by atoms with E-state index in [1.165, 1.54) is 6.42 Å². The number of carbonyl (C=O) groups excluding carboxylic acids is 2. The molecule has 5 nitrogen and oxygen atoms in total. The number of nitrogens with one attached hydrogen (secondary N) is 1. The maximum Gasteiger partial charge on any atom is 0.338 e. The fourth-order valence-corrected chi connectivity index (χ4v) is 3.16. The highest BCUT2D eigenvalue weighted by atomic mass is 16.5. The van der Waals surface area contributed by atoms with Crippen LogP contribution in [0.4, 0.5) is 5.69 Å². The quantitative estimate of drug-likeness (QED) is 0.843. The highest BCUT2D eigenvalue weighted by molar-refractivity contribution is 5.92. The van der Waals surface area contributed by atoms with Gasteiger partial charge < -0.3 is 15.0 Å². The summed E-state index contributed by atoms with van der Waals surface area (Å²) in [5.74, 6) is 0.368. The van der Waals surface area contributed by atoms with Crippen LogP contribution in [0, 0.1) is 11.8 Å². The van der Waals surface area contributed by atoms with Crippen molar-refractivity contribution >= 4 is 17.6 Å². The van der Waals surface area contributed by atoms with E-state index in [0.717, 1.165) is 18.5 Å². The summed E-state index contributed by atoms with van der Waals surface area (Å²) in [6.07, 6.45) is 3.34. The average Bonchev–Trinajstić information content (AvgIpc) is 2.57. The summed E-state index contributed by atoms with van der Waals surface area (Å²) in [7, 11) is 3.81. The first kappa shape index (κ1) is 18.3. The fourth-order valence-electron chi connectivity index (χ4n) is 3.16. The van der Waals surface area contributed by atoms with Gasteiger partial charge in [0, 0.05) is 25.8 Å². The highest BCUT2D eigenvalue weighted by Gasteiger charge is 2.28. The smallest absolute Gasteiger partial charge is 0.338 e. The Hall–Kier alpha value is -2.04. The molecule has 1 aliphatic rings. The van der Waals surface area contributed by atoms with Gasteiger partial charge in [0.1, 0.15) is 0 Å². The van der Waals surface area contributed by atoms with E-state index in [2.05, 4.69) is 19.2 Å². The molecular weight excluding hydrogens is 304 g/mol. The van der Waals surface area contributed by atoms with Crippen LogP contribution in [0.15, 0.2) is 24.3 Å². The number of amides is 1. The van der Waals surface area contributed by atoms with Crippen LogP contribution in [0.25, 0.3) is 0 Å². The number of ether oxygens (including phenoxy) is 1. The molecule has 0 aromatic heterocycles. The molecule has 0 unspecified atom stereocenters. The minimum Gasteiger partial charge on any atom is -0.452 e. The molecule has 0 bridgehead atoms. The average molecular weight is 332 g/mol. The summed E-state index contributed by atoms with van der Waals surface area (Å²) in [6, 6.07) is 7.34. The van der Waals surface area contributed by atoms with Crippen LogP contribution in [0.2, 0.25) is 0 Å². The first-order chi connectivity index (χ1) is 11.4. The van der Waals surface area contributed by atoms with Crippen molar-refractivity contribution in [1.29, 1.82) is 0 Å². The van der Waals surface area contributed by atoms with Crippen LogP contribution in [0.5, 0.6) is 0 Å². The first-order valence-corrected chi connectivity index (χ1v) is 8.62. The summed E-state index contributed by atoms with van der Waals surface area (Å²) in [5, 5.41) is 3.01. The molecule has 0 heterocycles. The Kier molecular flexibility index (Phi) is 6.23. The molecule has 132 valence electrons. The molecule has 1 saturated carbocycles. The van der Waals surface area contributed by atoms with Gasteiger partial charge in [-0.15, -0.1) is 0 Å². The van der Waals surface area contributed by atoms with E-state index in [1.807, 2.05) is 25.1 Å². The molecule has 1 aliphatic carbocycles. The van der Waals surface area contributed by atoms with Crippen molar-refractivity contribution in [2.75, 3.05) is 25.6 Å². The van der Waals surface area contributed by atoms with Gasteiger partial charge >= 0.3 is 5.97 Å². The second-order valence-corrected chi connectivity index (χ2v) is 6.96. The molecule has 1 N–H and O–H groups in total. The normalized spacial score (nSPS) is 23.4. The monoisotopic (exact) mass is 332 g/mol. The van der Waals surface area contributed by atoms with Crippen LogP contribution in [0.3, 0.4) is 0 Å². The van der Waals surface area contributed by atoms with Gasteiger partial charge in [-0.05, 0) is 36.5 Å². The van der Waals surface area contributed by atoms with Crippen molar-refractivity contribution in [2.24, 2.45) is 11.8 Å². The van der Waals surface area contributed by atoms with Gasteiger partial charge in [0.05, 0.1) is 5.56 Å². The van der Waals surface area contributed by atoms with Crippen LogP contribution < -0.4 is 10.2 Å². The zero-order chi connectivity index (χ0) is 17.7. The minimum absolute atomic E-state index is 0.178. The van der Waals surface area contributed by atoms with Gasteiger partial charge in [0.2, 0.25) is 0 Å². The third-order valence-corrected chi connectivity index (χ3v) is 4.99. The molecule has 1 amide bonds. The van der Waals surface area contributed by atoms with Gasteiger partial charge in [-0.2, -0.15) is 0 Å². The minimum atomic E-state index is -0.473. The Morgan fingerprint density at radius 3 is 2.71 bits per heavy atom. The third kappa shape index (κ3) is 4.73. The van der Waals surface area contributed by atoms with Gasteiger partial charge in [-0.25, -0.2) is 4.79 Å². The van der Waals surface area contributed by atoms with E-state index in [-0.39, 0.29) is 18.6 Å². The van der Waals surface area contributed by atoms with E-state index in [4.69, 9.17) is 4.74 Å². The molecule has 1 aromatic rings.